The fraction of sp³-hybridized carbons (Fsp3) is 0.500. The Bertz CT molecular complexity index is 414. The third kappa shape index (κ3) is 3.29. The van der Waals surface area contributed by atoms with Crippen molar-refractivity contribution in [3.05, 3.63) is 28.8 Å². The van der Waals surface area contributed by atoms with Crippen LogP contribution >= 0.6 is 11.6 Å². The van der Waals surface area contributed by atoms with Gasteiger partial charge in [0.25, 0.3) is 0 Å². The zero-order chi connectivity index (χ0) is 13.2. The monoisotopic (exact) mass is 278 g/mol. The minimum absolute atomic E-state index is 0.271. The number of hydrogen-bond donors (Lipinski definition) is 2. The molecule has 2 nitrogen and oxygen atoms in total. The predicted octanol–water partition coefficient (Wildman–Crippen LogP) is 3.52. The molecule has 2 N–H and O–H groups in total. The summed E-state index contributed by atoms with van der Waals surface area (Å²) in [6.07, 6.45) is -2.26. The van der Waals surface area contributed by atoms with E-state index < -0.39 is 11.7 Å². The van der Waals surface area contributed by atoms with E-state index in [4.69, 9.17) is 11.6 Å². The molecule has 1 aliphatic rings. The fourth-order valence-electron chi connectivity index (χ4n) is 2.02. The molecule has 18 heavy (non-hydrogen) atoms. The summed E-state index contributed by atoms with van der Waals surface area (Å²) >= 11 is 5.55. The van der Waals surface area contributed by atoms with Crippen LogP contribution < -0.4 is 10.6 Å². The van der Waals surface area contributed by atoms with Crippen molar-refractivity contribution < 1.29 is 13.2 Å². The number of rotatable bonds is 3. The van der Waals surface area contributed by atoms with E-state index in [-0.39, 0.29) is 5.02 Å². The Balaban J connectivity index is 2.04. The highest BCUT2D eigenvalue weighted by Crippen LogP contribution is 2.36. The SMILES string of the molecule is FC(F)(F)c1cc(NCC2CCCN2)ccc1Cl. The zero-order valence-electron chi connectivity index (χ0n) is 9.65. The van der Waals surface area contributed by atoms with Crippen molar-refractivity contribution in [3.63, 3.8) is 0 Å². The maximum atomic E-state index is 12.6. The smallest absolute Gasteiger partial charge is 0.383 e. The molecule has 0 radical (unpaired) electrons. The van der Waals surface area contributed by atoms with Crippen LogP contribution in [0.5, 0.6) is 0 Å². The Morgan fingerprint density at radius 2 is 2.17 bits per heavy atom. The Morgan fingerprint density at radius 3 is 2.78 bits per heavy atom. The third-order valence-electron chi connectivity index (χ3n) is 2.99. The summed E-state index contributed by atoms with van der Waals surface area (Å²) in [5, 5.41) is 6.01. The molecule has 1 aliphatic heterocycles. The molecule has 0 saturated carbocycles. The van der Waals surface area contributed by atoms with Crippen LogP contribution in [-0.4, -0.2) is 19.1 Å². The van der Waals surface area contributed by atoms with Crippen LogP contribution in [0.3, 0.4) is 0 Å². The van der Waals surface area contributed by atoms with Gasteiger partial charge in [-0.2, -0.15) is 13.2 Å². The van der Waals surface area contributed by atoms with Crippen LogP contribution in [0.4, 0.5) is 18.9 Å². The molecular formula is C12H14ClF3N2. The van der Waals surface area contributed by atoms with Crippen LogP contribution in [0.2, 0.25) is 5.02 Å². The van der Waals surface area contributed by atoms with Gasteiger partial charge in [-0.15, -0.1) is 0 Å². The summed E-state index contributed by atoms with van der Waals surface area (Å²) in [6.45, 7) is 1.60. The van der Waals surface area contributed by atoms with Crippen molar-refractivity contribution in [2.75, 3.05) is 18.4 Å². The highest BCUT2D eigenvalue weighted by molar-refractivity contribution is 6.31. The van der Waals surface area contributed by atoms with Crippen molar-refractivity contribution in [2.24, 2.45) is 0 Å². The molecule has 0 aliphatic carbocycles. The average molecular weight is 279 g/mol. The first-order valence-electron chi connectivity index (χ1n) is 5.81. The molecule has 1 aromatic carbocycles. The number of nitrogens with one attached hydrogen (secondary N) is 2. The van der Waals surface area contributed by atoms with Gasteiger partial charge in [0.2, 0.25) is 0 Å². The Labute approximate surface area is 109 Å². The second kappa shape index (κ2) is 5.36. The number of benzene rings is 1. The van der Waals surface area contributed by atoms with Crippen LogP contribution in [0, 0.1) is 0 Å². The highest BCUT2D eigenvalue weighted by Gasteiger charge is 2.33. The normalized spacial score (nSPS) is 20.1. The van der Waals surface area contributed by atoms with Gasteiger partial charge in [-0.05, 0) is 37.6 Å². The van der Waals surface area contributed by atoms with Gasteiger partial charge in [0, 0.05) is 18.3 Å². The second-order valence-electron chi connectivity index (χ2n) is 4.37. The minimum atomic E-state index is -4.42. The van der Waals surface area contributed by atoms with E-state index in [1.165, 1.54) is 6.07 Å². The lowest BCUT2D eigenvalue weighted by molar-refractivity contribution is -0.137. The summed E-state index contributed by atoms with van der Waals surface area (Å²) in [5.74, 6) is 0. The van der Waals surface area contributed by atoms with Gasteiger partial charge in [-0.1, -0.05) is 11.6 Å². The lowest BCUT2D eigenvalue weighted by Crippen LogP contribution is -2.29. The molecule has 1 heterocycles. The fourth-order valence-corrected chi connectivity index (χ4v) is 2.25. The molecule has 1 saturated heterocycles. The van der Waals surface area contributed by atoms with Crippen molar-refractivity contribution in [3.8, 4) is 0 Å². The number of alkyl halides is 3. The van der Waals surface area contributed by atoms with Crippen molar-refractivity contribution >= 4 is 17.3 Å². The molecule has 0 amide bonds. The van der Waals surface area contributed by atoms with E-state index >= 15 is 0 Å². The van der Waals surface area contributed by atoms with Crippen LogP contribution in [0.1, 0.15) is 18.4 Å². The van der Waals surface area contributed by atoms with E-state index in [9.17, 15) is 13.2 Å². The first-order chi connectivity index (χ1) is 8.47. The third-order valence-corrected chi connectivity index (χ3v) is 3.32. The highest BCUT2D eigenvalue weighted by atomic mass is 35.5. The molecule has 0 spiro atoms. The van der Waals surface area contributed by atoms with Gasteiger partial charge in [0.05, 0.1) is 10.6 Å². The largest absolute Gasteiger partial charge is 0.417 e. The lowest BCUT2D eigenvalue weighted by atomic mass is 10.1. The van der Waals surface area contributed by atoms with Gasteiger partial charge in [0.15, 0.2) is 0 Å². The van der Waals surface area contributed by atoms with Crippen LogP contribution in [0.25, 0.3) is 0 Å². The first-order valence-corrected chi connectivity index (χ1v) is 6.18. The molecule has 1 atom stereocenters. The summed E-state index contributed by atoms with van der Waals surface area (Å²) in [4.78, 5) is 0. The molecule has 1 aromatic rings. The van der Waals surface area contributed by atoms with E-state index in [0.29, 0.717) is 18.3 Å². The average Bonchev–Trinajstić information content (AvgIpc) is 2.79. The molecular weight excluding hydrogens is 265 g/mol. The summed E-state index contributed by atoms with van der Waals surface area (Å²) in [7, 11) is 0. The maximum Gasteiger partial charge on any atom is 0.417 e. The lowest BCUT2D eigenvalue weighted by Gasteiger charge is -2.15. The topological polar surface area (TPSA) is 24.1 Å². The maximum absolute atomic E-state index is 12.6. The summed E-state index contributed by atoms with van der Waals surface area (Å²) in [6, 6.07) is 4.22. The van der Waals surface area contributed by atoms with Gasteiger partial charge in [-0.3, -0.25) is 0 Å². The minimum Gasteiger partial charge on any atom is -0.383 e. The van der Waals surface area contributed by atoms with Crippen LogP contribution in [0.15, 0.2) is 18.2 Å². The zero-order valence-corrected chi connectivity index (χ0v) is 10.4. The Morgan fingerprint density at radius 1 is 1.39 bits per heavy atom. The van der Waals surface area contributed by atoms with E-state index in [1.54, 1.807) is 6.07 Å². The standard InChI is InChI=1S/C12H14ClF3N2/c13-11-4-3-8(6-10(11)12(14,15)16)18-7-9-2-1-5-17-9/h3-4,6,9,17-18H,1-2,5,7H2. The van der Waals surface area contributed by atoms with Crippen molar-refractivity contribution in [1.82, 2.24) is 5.32 Å². The van der Waals surface area contributed by atoms with Gasteiger partial charge in [-0.25, -0.2) is 0 Å². The summed E-state index contributed by atoms with van der Waals surface area (Å²) in [5.41, 5.74) is -0.353. The Kier molecular flexibility index (Phi) is 4.02. The van der Waals surface area contributed by atoms with E-state index in [2.05, 4.69) is 10.6 Å². The first kappa shape index (κ1) is 13.5. The van der Waals surface area contributed by atoms with Crippen LogP contribution in [-0.2, 0) is 6.18 Å². The molecule has 100 valence electrons. The number of halogens is 4. The van der Waals surface area contributed by atoms with Gasteiger partial charge in [0.1, 0.15) is 0 Å². The van der Waals surface area contributed by atoms with Gasteiger partial charge < -0.3 is 10.6 Å². The van der Waals surface area contributed by atoms with E-state index in [1.807, 2.05) is 0 Å². The Hall–Kier alpha value is -0.940. The second-order valence-corrected chi connectivity index (χ2v) is 4.77. The number of hydrogen-bond acceptors (Lipinski definition) is 2. The predicted molar refractivity (Wildman–Crippen MR) is 66.0 cm³/mol. The molecule has 0 bridgehead atoms. The quantitative estimate of drug-likeness (QED) is 0.884. The molecule has 1 unspecified atom stereocenters. The molecule has 6 heteroatoms. The van der Waals surface area contributed by atoms with Crippen molar-refractivity contribution in [2.45, 2.75) is 25.1 Å². The van der Waals surface area contributed by atoms with Gasteiger partial charge >= 0.3 is 6.18 Å². The number of anilines is 1. The molecule has 1 fully saturated rings. The molecule has 2 rings (SSSR count). The van der Waals surface area contributed by atoms with E-state index in [0.717, 1.165) is 25.5 Å². The van der Waals surface area contributed by atoms with Crippen molar-refractivity contribution in [1.29, 1.82) is 0 Å². The molecule has 0 aromatic heterocycles. The summed E-state index contributed by atoms with van der Waals surface area (Å²) < 4.78 is 37.9.